The fourth-order valence-electron chi connectivity index (χ4n) is 3.36. The van der Waals surface area contributed by atoms with Crippen LogP contribution in [0.2, 0.25) is 0 Å². The van der Waals surface area contributed by atoms with Crippen molar-refractivity contribution >= 4 is 23.2 Å². The van der Waals surface area contributed by atoms with Gasteiger partial charge in [0.25, 0.3) is 11.8 Å². The molecule has 33 heavy (non-hydrogen) atoms. The topological polar surface area (TPSA) is 107 Å². The lowest BCUT2D eigenvalue weighted by Gasteiger charge is -2.08. The quantitative estimate of drug-likeness (QED) is 0.459. The number of carbonyl (C=O) groups is 2. The van der Waals surface area contributed by atoms with Crippen molar-refractivity contribution < 1.29 is 28.5 Å². The van der Waals surface area contributed by atoms with Crippen LogP contribution in [0.4, 0.5) is 5.69 Å². The first-order chi connectivity index (χ1) is 16.1. The Kier molecular flexibility index (Phi) is 5.27. The van der Waals surface area contributed by atoms with Crippen LogP contribution in [-0.4, -0.2) is 31.1 Å². The van der Waals surface area contributed by atoms with Crippen molar-refractivity contribution in [1.82, 2.24) is 5.43 Å². The second-order valence-corrected chi connectivity index (χ2v) is 7.31. The summed E-state index contributed by atoms with van der Waals surface area (Å²) in [5.74, 6) is 1.62. The molecule has 2 amide bonds. The monoisotopic (exact) mass is 445 g/mol. The number of carbonyl (C=O) groups excluding carboxylic acids is 2. The first-order valence-electron chi connectivity index (χ1n) is 10.1. The van der Waals surface area contributed by atoms with E-state index in [-0.39, 0.29) is 25.4 Å². The summed E-state index contributed by atoms with van der Waals surface area (Å²) in [4.78, 5) is 25.1. The molecule has 0 aliphatic carbocycles. The Morgan fingerprint density at radius 3 is 2.00 bits per heavy atom. The van der Waals surface area contributed by atoms with Gasteiger partial charge < -0.3 is 24.3 Å². The molecule has 5 rings (SSSR count). The van der Waals surface area contributed by atoms with Gasteiger partial charge in [-0.1, -0.05) is 12.1 Å². The van der Waals surface area contributed by atoms with E-state index in [0.717, 1.165) is 5.56 Å². The summed E-state index contributed by atoms with van der Waals surface area (Å²) in [6.45, 7) is 2.05. The fourth-order valence-corrected chi connectivity index (χ4v) is 3.36. The third kappa shape index (κ3) is 4.29. The van der Waals surface area contributed by atoms with Crippen LogP contribution in [0, 0.1) is 0 Å². The molecule has 0 spiro atoms. The smallest absolute Gasteiger partial charge is 0.271 e. The number of anilines is 1. The highest BCUT2D eigenvalue weighted by Gasteiger charge is 2.17. The van der Waals surface area contributed by atoms with Crippen LogP contribution in [0.1, 0.15) is 33.2 Å². The number of amides is 2. The number of fused-ring (bicyclic) bond motifs is 2. The highest BCUT2D eigenvalue weighted by Crippen LogP contribution is 2.33. The molecule has 9 heteroatoms. The minimum Gasteiger partial charge on any atom is -0.454 e. The highest BCUT2D eigenvalue weighted by atomic mass is 16.7. The van der Waals surface area contributed by atoms with Crippen molar-refractivity contribution in [2.24, 2.45) is 5.10 Å². The lowest BCUT2D eigenvalue weighted by Crippen LogP contribution is -2.19. The number of benzene rings is 3. The normalized spacial score (nSPS) is 13.5. The van der Waals surface area contributed by atoms with Gasteiger partial charge in [-0.15, -0.1) is 0 Å². The number of hydrogen-bond donors (Lipinski definition) is 2. The van der Waals surface area contributed by atoms with E-state index >= 15 is 0 Å². The molecule has 0 saturated carbocycles. The maximum absolute atomic E-state index is 12.6. The third-order valence-corrected chi connectivity index (χ3v) is 5.13. The third-order valence-electron chi connectivity index (χ3n) is 5.13. The molecule has 2 aliphatic rings. The van der Waals surface area contributed by atoms with E-state index in [1.807, 2.05) is 6.07 Å². The average molecular weight is 445 g/mol. The van der Waals surface area contributed by atoms with Crippen LogP contribution in [0.3, 0.4) is 0 Å². The predicted molar refractivity (Wildman–Crippen MR) is 119 cm³/mol. The van der Waals surface area contributed by atoms with Crippen molar-refractivity contribution in [2.45, 2.75) is 6.92 Å². The zero-order valence-corrected chi connectivity index (χ0v) is 17.6. The number of rotatable bonds is 5. The van der Waals surface area contributed by atoms with Crippen LogP contribution in [0.15, 0.2) is 65.8 Å². The second kappa shape index (κ2) is 8.54. The van der Waals surface area contributed by atoms with Crippen molar-refractivity contribution in [2.75, 3.05) is 18.9 Å². The van der Waals surface area contributed by atoms with Gasteiger partial charge in [0.2, 0.25) is 13.6 Å². The second-order valence-electron chi connectivity index (χ2n) is 7.31. The van der Waals surface area contributed by atoms with Gasteiger partial charge in [0, 0.05) is 16.8 Å². The molecule has 166 valence electrons. The van der Waals surface area contributed by atoms with Crippen molar-refractivity contribution in [3.05, 3.63) is 77.4 Å². The van der Waals surface area contributed by atoms with Crippen molar-refractivity contribution in [3.8, 4) is 23.0 Å². The van der Waals surface area contributed by atoms with Crippen molar-refractivity contribution in [1.29, 1.82) is 0 Å². The van der Waals surface area contributed by atoms with E-state index < -0.39 is 0 Å². The summed E-state index contributed by atoms with van der Waals surface area (Å²) in [5, 5.41) is 7.04. The molecular weight excluding hydrogens is 426 g/mol. The summed E-state index contributed by atoms with van der Waals surface area (Å²) in [7, 11) is 0. The molecule has 9 nitrogen and oxygen atoms in total. The Balaban J connectivity index is 1.25. The van der Waals surface area contributed by atoms with Gasteiger partial charge >= 0.3 is 0 Å². The van der Waals surface area contributed by atoms with Gasteiger partial charge in [0.15, 0.2) is 23.0 Å². The van der Waals surface area contributed by atoms with Crippen LogP contribution < -0.4 is 29.7 Å². The molecule has 2 aliphatic heterocycles. The highest BCUT2D eigenvalue weighted by molar-refractivity contribution is 6.06. The number of nitrogens with zero attached hydrogens (tertiary/aromatic N) is 1. The lowest BCUT2D eigenvalue weighted by molar-refractivity contribution is 0.0953. The number of hydrogen-bond acceptors (Lipinski definition) is 7. The first-order valence-corrected chi connectivity index (χ1v) is 10.1. The SMILES string of the molecule is CC(=NNC(=O)c1ccc2c(c1)OCO2)c1cccc(NC(=O)c2ccc3c(c2)OCO3)c1. The van der Waals surface area contributed by atoms with E-state index in [2.05, 4.69) is 15.8 Å². The summed E-state index contributed by atoms with van der Waals surface area (Å²) < 4.78 is 21.1. The lowest BCUT2D eigenvalue weighted by atomic mass is 10.1. The zero-order chi connectivity index (χ0) is 22.8. The largest absolute Gasteiger partial charge is 0.454 e. The van der Waals surface area contributed by atoms with Gasteiger partial charge in [0.05, 0.1) is 5.71 Å². The zero-order valence-electron chi connectivity index (χ0n) is 17.6. The van der Waals surface area contributed by atoms with Crippen LogP contribution in [0.5, 0.6) is 23.0 Å². The minimum absolute atomic E-state index is 0.138. The van der Waals surface area contributed by atoms with E-state index in [4.69, 9.17) is 18.9 Å². The number of hydrazone groups is 1. The molecule has 0 radical (unpaired) electrons. The van der Waals surface area contributed by atoms with Crippen molar-refractivity contribution in [3.63, 3.8) is 0 Å². The van der Waals surface area contributed by atoms with Gasteiger partial charge in [-0.2, -0.15) is 5.10 Å². The molecule has 0 atom stereocenters. The molecule has 0 saturated heterocycles. The molecule has 3 aromatic carbocycles. The molecule has 0 bridgehead atoms. The molecule has 0 unspecified atom stereocenters. The maximum Gasteiger partial charge on any atom is 0.271 e. The van der Waals surface area contributed by atoms with E-state index in [0.29, 0.717) is 45.5 Å². The average Bonchev–Trinajstić information content (AvgIpc) is 3.50. The predicted octanol–water partition coefficient (Wildman–Crippen LogP) is 3.55. The Morgan fingerprint density at radius 2 is 1.33 bits per heavy atom. The standard InChI is InChI=1S/C24H19N3O6/c1-14(26-27-24(29)17-6-8-20-22(11-17)33-13-31-20)15-3-2-4-18(9-15)25-23(28)16-5-7-19-21(10-16)32-12-30-19/h2-11H,12-13H2,1H3,(H,25,28)(H,27,29). The molecule has 2 N–H and O–H groups in total. The maximum atomic E-state index is 12.6. The first kappa shape index (κ1) is 20.4. The van der Waals surface area contributed by atoms with E-state index in [9.17, 15) is 9.59 Å². The van der Waals surface area contributed by atoms with E-state index in [1.165, 1.54) is 0 Å². The molecule has 2 heterocycles. The summed E-state index contributed by atoms with van der Waals surface area (Å²) >= 11 is 0. The Hall–Kier alpha value is -4.53. The summed E-state index contributed by atoms with van der Waals surface area (Å²) in [6.07, 6.45) is 0. The molecule has 0 fully saturated rings. The Bertz CT molecular complexity index is 1290. The van der Waals surface area contributed by atoms with Gasteiger partial charge in [-0.05, 0) is 61.0 Å². The fraction of sp³-hybridized carbons (Fsp3) is 0.125. The minimum atomic E-state index is -0.375. The van der Waals surface area contributed by atoms with Crippen LogP contribution in [-0.2, 0) is 0 Å². The summed E-state index contributed by atoms with van der Waals surface area (Å²) in [6, 6.07) is 17.1. The number of ether oxygens (including phenoxy) is 4. The molecule has 0 aromatic heterocycles. The molecule has 3 aromatic rings. The van der Waals surface area contributed by atoms with Crippen LogP contribution in [0.25, 0.3) is 0 Å². The summed E-state index contributed by atoms with van der Waals surface area (Å²) in [5.41, 5.74) is 5.29. The van der Waals surface area contributed by atoms with E-state index in [1.54, 1.807) is 61.5 Å². The van der Waals surface area contributed by atoms with Crippen LogP contribution >= 0.6 is 0 Å². The van der Waals surface area contributed by atoms with Gasteiger partial charge in [-0.25, -0.2) is 5.43 Å². The number of nitrogens with one attached hydrogen (secondary N) is 2. The van der Waals surface area contributed by atoms with Gasteiger partial charge in [-0.3, -0.25) is 9.59 Å². The van der Waals surface area contributed by atoms with Gasteiger partial charge in [0.1, 0.15) is 0 Å². The Labute approximate surface area is 188 Å². The molecular formula is C24H19N3O6. The Morgan fingerprint density at radius 1 is 0.727 bits per heavy atom.